The summed E-state index contributed by atoms with van der Waals surface area (Å²) in [5.74, 6) is 0.244. The Morgan fingerprint density at radius 2 is 1.89 bits per heavy atom. The smallest absolute Gasteiger partial charge is 0.253 e. The number of amides is 1. The molecule has 0 spiro atoms. The van der Waals surface area contributed by atoms with E-state index in [0.29, 0.717) is 22.5 Å². The molecule has 2 aliphatic rings. The maximum Gasteiger partial charge on any atom is 0.253 e. The van der Waals surface area contributed by atoms with Crippen LogP contribution in [0.25, 0.3) is 5.57 Å². The first-order chi connectivity index (χ1) is 17.4. The third kappa shape index (κ3) is 6.18. The Bertz CT molecular complexity index is 1300. The predicted molar refractivity (Wildman–Crippen MR) is 150 cm³/mol. The van der Waals surface area contributed by atoms with E-state index in [2.05, 4.69) is 54.7 Å². The van der Waals surface area contributed by atoms with Crippen LogP contribution in [0, 0.1) is 19.3 Å². The van der Waals surface area contributed by atoms with Gasteiger partial charge in [-0.15, -0.1) is 0 Å². The summed E-state index contributed by atoms with van der Waals surface area (Å²) in [5, 5.41) is 18.3. The maximum absolute atomic E-state index is 13.6. The van der Waals surface area contributed by atoms with Gasteiger partial charge in [0.2, 0.25) is 0 Å². The van der Waals surface area contributed by atoms with E-state index < -0.39 is 0 Å². The van der Waals surface area contributed by atoms with E-state index in [1.165, 1.54) is 6.21 Å². The molecule has 4 rings (SSSR count). The van der Waals surface area contributed by atoms with Gasteiger partial charge in [-0.05, 0) is 84.1 Å². The van der Waals surface area contributed by atoms with Gasteiger partial charge in [0.1, 0.15) is 5.82 Å². The molecule has 1 aliphatic carbocycles. The number of hydrogen-bond donors (Lipinski definition) is 5. The van der Waals surface area contributed by atoms with Crippen LogP contribution >= 0.6 is 0 Å². The number of pyridine rings is 2. The van der Waals surface area contributed by atoms with Gasteiger partial charge in [-0.25, -0.2) is 4.98 Å². The van der Waals surface area contributed by atoms with Gasteiger partial charge < -0.3 is 26.3 Å². The molecule has 1 aliphatic heterocycles. The van der Waals surface area contributed by atoms with Gasteiger partial charge >= 0.3 is 0 Å². The van der Waals surface area contributed by atoms with Crippen LogP contribution in [0.5, 0.6) is 0 Å². The van der Waals surface area contributed by atoms with Gasteiger partial charge in [0.15, 0.2) is 0 Å². The van der Waals surface area contributed by atoms with E-state index >= 15 is 0 Å². The molecule has 1 fully saturated rings. The highest BCUT2D eigenvalue weighted by atomic mass is 16.1. The number of rotatable bonds is 7. The lowest BCUT2D eigenvalue weighted by molar-refractivity contribution is 0.0950. The van der Waals surface area contributed by atoms with E-state index in [-0.39, 0.29) is 35.1 Å². The van der Waals surface area contributed by atoms with E-state index in [4.69, 9.17) is 10.4 Å². The number of nitrogens with zero attached hydrogens (tertiary/aromatic N) is 1. The Kier molecular flexibility index (Phi) is 7.42. The summed E-state index contributed by atoms with van der Waals surface area (Å²) in [6.45, 7) is 12.4. The van der Waals surface area contributed by atoms with Crippen molar-refractivity contribution in [2.45, 2.75) is 97.3 Å². The number of aromatic nitrogens is 2. The highest BCUT2D eigenvalue weighted by Crippen LogP contribution is 2.35. The summed E-state index contributed by atoms with van der Waals surface area (Å²) in [5.41, 5.74) is 4.23. The Hall–Kier alpha value is -3.26. The zero-order chi connectivity index (χ0) is 27.0. The number of aromatic amines is 1. The Morgan fingerprint density at radius 1 is 1.19 bits per heavy atom. The largest absolute Gasteiger partial charge is 0.367 e. The van der Waals surface area contributed by atoms with Crippen LogP contribution in [-0.4, -0.2) is 39.2 Å². The van der Waals surface area contributed by atoms with Crippen molar-refractivity contribution in [2.24, 2.45) is 0 Å². The second kappa shape index (κ2) is 10.2. The van der Waals surface area contributed by atoms with E-state index in [9.17, 15) is 9.59 Å². The summed E-state index contributed by atoms with van der Waals surface area (Å²) in [7, 11) is 0. The fraction of sp³-hybridized carbons (Fsp3) is 0.517. The highest BCUT2D eigenvalue weighted by molar-refractivity contribution is 6.05. The lowest BCUT2D eigenvalue weighted by atomic mass is 9.82. The van der Waals surface area contributed by atoms with Crippen molar-refractivity contribution in [3.63, 3.8) is 0 Å². The summed E-state index contributed by atoms with van der Waals surface area (Å²) in [6, 6.07) is 3.97. The van der Waals surface area contributed by atoms with Crippen molar-refractivity contribution in [3.05, 3.63) is 62.2 Å². The van der Waals surface area contributed by atoms with Gasteiger partial charge in [0, 0.05) is 46.7 Å². The van der Waals surface area contributed by atoms with Gasteiger partial charge in [-0.2, -0.15) is 0 Å². The molecular formula is C29H40N6O2. The van der Waals surface area contributed by atoms with E-state index in [1.807, 2.05) is 19.9 Å². The molecule has 1 saturated carbocycles. The average molecular weight is 505 g/mol. The van der Waals surface area contributed by atoms with Crippen molar-refractivity contribution >= 4 is 23.5 Å². The SMILES string of the molecule is Cc1cc(C)c(CNC(=O)c2cc(C3=CC(C)(C)NC(C)(C)C3)nc(NC3CCCC3)c2C=N)c(=O)[nH]1. The lowest BCUT2D eigenvalue weighted by Crippen LogP contribution is -2.53. The molecule has 198 valence electrons. The van der Waals surface area contributed by atoms with Crippen LogP contribution in [0.4, 0.5) is 5.82 Å². The quantitative estimate of drug-likeness (QED) is 0.353. The normalized spacial score (nSPS) is 18.8. The minimum Gasteiger partial charge on any atom is -0.367 e. The molecule has 3 heterocycles. The number of carbonyl (C=O) groups is 1. The topological polar surface area (TPSA) is 123 Å². The molecule has 0 unspecified atom stereocenters. The minimum atomic E-state index is -0.330. The summed E-state index contributed by atoms with van der Waals surface area (Å²) in [4.78, 5) is 33.8. The Labute approximate surface area is 219 Å². The lowest BCUT2D eigenvalue weighted by Gasteiger charge is -2.41. The van der Waals surface area contributed by atoms with Crippen molar-refractivity contribution in [3.8, 4) is 0 Å². The Morgan fingerprint density at radius 3 is 2.51 bits per heavy atom. The molecule has 0 aromatic carbocycles. The summed E-state index contributed by atoms with van der Waals surface area (Å²) < 4.78 is 0. The number of nitrogens with one attached hydrogen (secondary N) is 5. The molecular weight excluding hydrogens is 464 g/mol. The number of H-pyrrole nitrogens is 1. The average Bonchev–Trinajstić information content (AvgIpc) is 3.28. The van der Waals surface area contributed by atoms with Crippen LogP contribution in [0.15, 0.2) is 23.0 Å². The second-order valence-electron chi connectivity index (χ2n) is 11.8. The molecule has 37 heavy (non-hydrogen) atoms. The fourth-order valence-electron chi connectivity index (χ4n) is 5.87. The van der Waals surface area contributed by atoms with Gasteiger partial charge in [-0.1, -0.05) is 18.9 Å². The van der Waals surface area contributed by atoms with Crippen LogP contribution < -0.4 is 21.5 Å². The third-order valence-electron chi connectivity index (χ3n) is 7.22. The van der Waals surface area contributed by atoms with Crippen molar-refractivity contribution < 1.29 is 4.79 Å². The van der Waals surface area contributed by atoms with E-state index in [0.717, 1.165) is 54.6 Å². The highest BCUT2D eigenvalue weighted by Gasteiger charge is 2.34. The first kappa shape index (κ1) is 26.8. The summed E-state index contributed by atoms with van der Waals surface area (Å²) >= 11 is 0. The molecule has 0 atom stereocenters. The van der Waals surface area contributed by atoms with Crippen LogP contribution in [0.2, 0.25) is 0 Å². The first-order valence-corrected chi connectivity index (χ1v) is 13.2. The van der Waals surface area contributed by atoms with Gasteiger partial charge in [0.25, 0.3) is 11.5 Å². The van der Waals surface area contributed by atoms with Crippen LogP contribution in [0.1, 0.15) is 98.2 Å². The second-order valence-corrected chi connectivity index (χ2v) is 11.8. The zero-order valence-electron chi connectivity index (χ0n) is 22.9. The number of carbonyl (C=O) groups excluding carboxylic acids is 1. The molecule has 5 N–H and O–H groups in total. The number of anilines is 1. The molecule has 1 amide bonds. The number of aryl methyl sites for hydroxylation is 2. The molecule has 8 nitrogen and oxygen atoms in total. The minimum absolute atomic E-state index is 0.105. The standard InChI is InChI=1S/C29H40N6O2/c1-17-11-18(2)32-27(37)23(17)16-31-26(36)21-12-24(19-13-28(3,4)35-29(5,6)14-19)34-25(22(21)15-30)33-20-9-7-8-10-20/h11-13,15,20,30,35H,7-10,14,16H2,1-6H3,(H,31,36)(H,32,37)(H,33,34). The van der Waals surface area contributed by atoms with Crippen molar-refractivity contribution in [2.75, 3.05) is 5.32 Å². The van der Waals surface area contributed by atoms with Crippen molar-refractivity contribution in [1.82, 2.24) is 20.6 Å². The zero-order valence-corrected chi connectivity index (χ0v) is 22.9. The maximum atomic E-state index is 13.6. The van der Waals surface area contributed by atoms with Crippen molar-refractivity contribution in [1.29, 1.82) is 5.41 Å². The first-order valence-electron chi connectivity index (χ1n) is 13.2. The molecule has 2 aromatic heterocycles. The molecule has 0 radical (unpaired) electrons. The number of hydrogen-bond acceptors (Lipinski definition) is 6. The van der Waals surface area contributed by atoms with Gasteiger partial charge in [-0.3, -0.25) is 9.59 Å². The van der Waals surface area contributed by atoms with Gasteiger partial charge in [0.05, 0.1) is 11.3 Å². The molecule has 2 aromatic rings. The molecule has 0 saturated heterocycles. The van der Waals surface area contributed by atoms with Crippen LogP contribution in [0.3, 0.4) is 0 Å². The predicted octanol–water partition coefficient (Wildman–Crippen LogP) is 4.60. The Balaban J connectivity index is 1.74. The fourth-order valence-corrected chi connectivity index (χ4v) is 5.87. The van der Waals surface area contributed by atoms with E-state index in [1.54, 1.807) is 6.07 Å². The third-order valence-corrected chi connectivity index (χ3v) is 7.22. The molecule has 0 bridgehead atoms. The monoisotopic (exact) mass is 504 g/mol. The summed E-state index contributed by atoms with van der Waals surface area (Å²) in [6.07, 6.45) is 8.57. The van der Waals surface area contributed by atoms with Crippen LogP contribution in [-0.2, 0) is 6.54 Å². The molecule has 8 heteroatoms.